The molecule has 1 fully saturated rings. The molecule has 0 aliphatic heterocycles. The number of rotatable bonds is 6. The molecule has 0 heterocycles. The summed E-state index contributed by atoms with van der Waals surface area (Å²) in [6.07, 6.45) is 4.53. The van der Waals surface area contributed by atoms with Crippen LogP contribution in [0.15, 0.2) is 24.3 Å². The van der Waals surface area contributed by atoms with Gasteiger partial charge in [0.2, 0.25) is 5.91 Å². The summed E-state index contributed by atoms with van der Waals surface area (Å²) < 4.78 is 0. The molecule has 0 spiro atoms. The molecule has 0 saturated heterocycles. The van der Waals surface area contributed by atoms with E-state index < -0.39 is 0 Å². The van der Waals surface area contributed by atoms with Crippen LogP contribution in [0.25, 0.3) is 0 Å². The number of anilines is 1. The van der Waals surface area contributed by atoms with Crippen molar-refractivity contribution in [3.63, 3.8) is 0 Å². The lowest BCUT2D eigenvalue weighted by atomic mass is 9.97. The van der Waals surface area contributed by atoms with Crippen LogP contribution in [0.4, 0.5) is 5.69 Å². The van der Waals surface area contributed by atoms with E-state index in [0.29, 0.717) is 12.0 Å². The van der Waals surface area contributed by atoms with Crippen molar-refractivity contribution in [1.29, 1.82) is 0 Å². The van der Waals surface area contributed by atoms with E-state index in [1.807, 2.05) is 12.1 Å². The molecule has 2 N–H and O–H groups in total. The van der Waals surface area contributed by atoms with Crippen molar-refractivity contribution in [1.82, 2.24) is 5.32 Å². The third kappa shape index (κ3) is 4.31. The number of hydrogen-bond donors (Lipinski definition) is 2. The van der Waals surface area contributed by atoms with Gasteiger partial charge in [0.05, 0.1) is 0 Å². The zero-order valence-corrected chi connectivity index (χ0v) is 13.5. The SMILES string of the molecule is CCCNC(C)c1ccc(NC(=O)C2CCCC2C)cc1. The van der Waals surface area contributed by atoms with Crippen LogP contribution < -0.4 is 10.6 Å². The predicted octanol–water partition coefficient (Wildman–Crippen LogP) is 4.12. The first-order valence-electron chi connectivity index (χ1n) is 8.26. The summed E-state index contributed by atoms with van der Waals surface area (Å²) >= 11 is 0. The number of amides is 1. The van der Waals surface area contributed by atoms with Gasteiger partial charge in [0, 0.05) is 17.6 Å². The summed E-state index contributed by atoms with van der Waals surface area (Å²) in [4.78, 5) is 12.3. The maximum atomic E-state index is 12.3. The standard InChI is InChI=1S/C18H28N2O/c1-4-12-19-14(3)15-8-10-16(11-9-15)20-18(21)17-7-5-6-13(17)2/h8-11,13-14,17,19H,4-7,12H2,1-3H3,(H,20,21). The van der Waals surface area contributed by atoms with E-state index in [1.165, 1.54) is 18.4 Å². The third-order valence-corrected chi connectivity index (χ3v) is 4.58. The highest BCUT2D eigenvalue weighted by Gasteiger charge is 2.29. The monoisotopic (exact) mass is 288 g/mol. The zero-order valence-electron chi connectivity index (χ0n) is 13.5. The Kier molecular flexibility index (Phi) is 5.80. The molecule has 116 valence electrons. The molecule has 3 heteroatoms. The highest BCUT2D eigenvalue weighted by Crippen LogP contribution is 2.32. The summed E-state index contributed by atoms with van der Waals surface area (Å²) in [6.45, 7) is 7.55. The van der Waals surface area contributed by atoms with Gasteiger partial charge >= 0.3 is 0 Å². The van der Waals surface area contributed by atoms with Crippen molar-refractivity contribution < 1.29 is 4.79 Å². The fraction of sp³-hybridized carbons (Fsp3) is 0.611. The third-order valence-electron chi connectivity index (χ3n) is 4.58. The van der Waals surface area contributed by atoms with E-state index in [2.05, 4.69) is 43.5 Å². The van der Waals surface area contributed by atoms with Gasteiger partial charge in [-0.25, -0.2) is 0 Å². The Hall–Kier alpha value is -1.35. The minimum atomic E-state index is 0.185. The minimum Gasteiger partial charge on any atom is -0.326 e. The van der Waals surface area contributed by atoms with Crippen molar-refractivity contribution in [3.8, 4) is 0 Å². The van der Waals surface area contributed by atoms with E-state index in [-0.39, 0.29) is 11.8 Å². The molecule has 3 unspecified atom stereocenters. The quantitative estimate of drug-likeness (QED) is 0.826. The van der Waals surface area contributed by atoms with Gasteiger partial charge in [-0.2, -0.15) is 0 Å². The summed E-state index contributed by atoms with van der Waals surface area (Å²) in [5, 5.41) is 6.54. The normalized spacial score (nSPS) is 23.0. The Morgan fingerprint density at radius 1 is 1.29 bits per heavy atom. The van der Waals surface area contributed by atoms with E-state index in [4.69, 9.17) is 0 Å². The first-order chi connectivity index (χ1) is 10.1. The largest absolute Gasteiger partial charge is 0.326 e. The molecule has 1 aromatic rings. The van der Waals surface area contributed by atoms with Gasteiger partial charge in [-0.1, -0.05) is 32.4 Å². The smallest absolute Gasteiger partial charge is 0.227 e. The molecule has 21 heavy (non-hydrogen) atoms. The molecule has 1 amide bonds. The minimum absolute atomic E-state index is 0.185. The second kappa shape index (κ2) is 7.60. The van der Waals surface area contributed by atoms with Crippen molar-refractivity contribution in [3.05, 3.63) is 29.8 Å². The summed E-state index contributed by atoms with van der Waals surface area (Å²) in [5.74, 6) is 0.891. The molecule has 2 rings (SSSR count). The average molecular weight is 288 g/mol. The van der Waals surface area contributed by atoms with Crippen molar-refractivity contribution >= 4 is 11.6 Å². The van der Waals surface area contributed by atoms with Gasteiger partial charge in [-0.15, -0.1) is 0 Å². The van der Waals surface area contributed by atoms with Crippen LogP contribution >= 0.6 is 0 Å². The Morgan fingerprint density at radius 2 is 2.00 bits per heavy atom. The van der Waals surface area contributed by atoms with Crippen LogP contribution in [0.1, 0.15) is 58.1 Å². The maximum Gasteiger partial charge on any atom is 0.227 e. The van der Waals surface area contributed by atoms with E-state index in [0.717, 1.165) is 25.1 Å². The van der Waals surface area contributed by atoms with Gasteiger partial charge in [-0.3, -0.25) is 4.79 Å². The average Bonchev–Trinajstić information content (AvgIpc) is 2.91. The van der Waals surface area contributed by atoms with Gasteiger partial charge in [0.25, 0.3) is 0 Å². The fourth-order valence-corrected chi connectivity index (χ4v) is 3.10. The fourth-order valence-electron chi connectivity index (χ4n) is 3.10. The van der Waals surface area contributed by atoms with Crippen LogP contribution in [-0.2, 0) is 4.79 Å². The van der Waals surface area contributed by atoms with E-state index >= 15 is 0 Å². The molecular weight excluding hydrogens is 260 g/mol. The van der Waals surface area contributed by atoms with Crippen LogP contribution in [0, 0.1) is 11.8 Å². The molecule has 1 aromatic carbocycles. The second-order valence-corrected chi connectivity index (χ2v) is 6.30. The van der Waals surface area contributed by atoms with Crippen molar-refractivity contribution in [2.45, 2.75) is 52.5 Å². The topological polar surface area (TPSA) is 41.1 Å². The number of nitrogens with one attached hydrogen (secondary N) is 2. The number of benzene rings is 1. The number of carbonyl (C=O) groups excluding carboxylic acids is 1. The summed E-state index contributed by atoms with van der Waals surface area (Å²) in [6, 6.07) is 8.57. The highest BCUT2D eigenvalue weighted by molar-refractivity contribution is 5.92. The number of carbonyl (C=O) groups is 1. The molecule has 0 bridgehead atoms. The Labute approximate surface area is 128 Å². The number of hydrogen-bond acceptors (Lipinski definition) is 2. The molecule has 0 radical (unpaired) electrons. The molecular formula is C18H28N2O. The van der Waals surface area contributed by atoms with E-state index in [9.17, 15) is 4.79 Å². The Balaban J connectivity index is 1.91. The van der Waals surface area contributed by atoms with Crippen molar-refractivity contribution in [2.75, 3.05) is 11.9 Å². The maximum absolute atomic E-state index is 12.3. The molecule has 1 aliphatic rings. The molecule has 0 aromatic heterocycles. The zero-order chi connectivity index (χ0) is 15.2. The Morgan fingerprint density at radius 3 is 2.57 bits per heavy atom. The summed E-state index contributed by atoms with van der Waals surface area (Å²) in [5.41, 5.74) is 2.17. The first kappa shape index (κ1) is 16.0. The lowest BCUT2D eigenvalue weighted by Gasteiger charge is -2.17. The lowest BCUT2D eigenvalue weighted by Crippen LogP contribution is -2.24. The van der Waals surface area contributed by atoms with Gasteiger partial charge in [0.15, 0.2) is 0 Å². The van der Waals surface area contributed by atoms with Crippen molar-refractivity contribution in [2.24, 2.45) is 11.8 Å². The van der Waals surface area contributed by atoms with Crippen LogP contribution in [0.5, 0.6) is 0 Å². The van der Waals surface area contributed by atoms with Crippen LogP contribution in [-0.4, -0.2) is 12.5 Å². The second-order valence-electron chi connectivity index (χ2n) is 6.30. The van der Waals surface area contributed by atoms with E-state index in [1.54, 1.807) is 0 Å². The van der Waals surface area contributed by atoms with Gasteiger partial charge in [0.1, 0.15) is 0 Å². The van der Waals surface area contributed by atoms with Crippen LogP contribution in [0.3, 0.4) is 0 Å². The Bertz CT molecular complexity index is 455. The van der Waals surface area contributed by atoms with Gasteiger partial charge in [-0.05, 0) is 56.3 Å². The first-order valence-corrected chi connectivity index (χ1v) is 8.26. The van der Waals surface area contributed by atoms with Gasteiger partial charge < -0.3 is 10.6 Å². The highest BCUT2D eigenvalue weighted by atomic mass is 16.1. The molecule has 1 saturated carbocycles. The van der Waals surface area contributed by atoms with Crippen LogP contribution in [0.2, 0.25) is 0 Å². The predicted molar refractivity (Wildman–Crippen MR) is 88.3 cm³/mol. The lowest BCUT2D eigenvalue weighted by molar-refractivity contribution is -0.120. The summed E-state index contributed by atoms with van der Waals surface area (Å²) in [7, 11) is 0. The molecule has 3 nitrogen and oxygen atoms in total. The molecule has 3 atom stereocenters. The molecule has 1 aliphatic carbocycles.